The van der Waals surface area contributed by atoms with Gasteiger partial charge < -0.3 is 15.6 Å². The molecule has 1 aromatic heterocycles. The molecule has 0 aliphatic rings. The van der Waals surface area contributed by atoms with Crippen molar-refractivity contribution < 1.29 is 13.7 Å². The molecule has 0 atom stereocenters. The first-order valence-corrected chi connectivity index (χ1v) is 4.85. The van der Waals surface area contributed by atoms with Crippen LogP contribution in [-0.4, -0.2) is 11.1 Å². The Morgan fingerprint density at radius 1 is 1.53 bits per heavy atom. The van der Waals surface area contributed by atoms with Crippen LogP contribution >= 0.6 is 0 Å². The van der Waals surface area contributed by atoms with Crippen LogP contribution < -0.4 is 11.1 Å². The molecule has 0 unspecified atom stereocenters. The van der Waals surface area contributed by atoms with E-state index in [0.717, 1.165) is 6.07 Å². The molecule has 1 heterocycles. The topological polar surface area (TPSA) is 81.2 Å². The molecule has 88 valence electrons. The van der Waals surface area contributed by atoms with Crippen LogP contribution in [0.1, 0.15) is 15.9 Å². The summed E-state index contributed by atoms with van der Waals surface area (Å²) in [5.41, 5.74) is 6.27. The summed E-state index contributed by atoms with van der Waals surface area (Å²) in [5, 5.41) is 5.96. The highest BCUT2D eigenvalue weighted by atomic mass is 19.1. The summed E-state index contributed by atoms with van der Waals surface area (Å²) >= 11 is 0. The van der Waals surface area contributed by atoms with Crippen LogP contribution in [0.2, 0.25) is 0 Å². The first-order chi connectivity index (χ1) is 8.08. The van der Waals surface area contributed by atoms with Gasteiger partial charge in [-0.25, -0.2) is 4.39 Å². The normalized spacial score (nSPS) is 10.2. The number of nitrogens with two attached hydrogens (primary N) is 1. The van der Waals surface area contributed by atoms with Gasteiger partial charge in [-0.05, 0) is 19.1 Å². The van der Waals surface area contributed by atoms with Crippen molar-refractivity contribution in [2.45, 2.75) is 6.92 Å². The zero-order valence-corrected chi connectivity index (χ0v) is 9.03. The summed E-state index contributed by atoms with van der Waals surface area (Å²) in [4.78, 5) is 11.7. The fraction of sp³-hybridized carbons (Fsp3) is 0.0909. The standard InChI is InChI=1S/C11H10FN3O2/c1-6-8(12)4-7(5-9(6)13)11(16)14-10-2-3-17-15-10/h2-5H,13H2,1H3,(H,14,15,16). The quantitative estimate of drug-likeness (QED) is 0.779. The predicted octanol–water partition coefficient (Wildman–Crippen LogP) is 1.96. The van der Waals surface area contributed by atoms with Gasteiger partial charge in [0.15, 0.2) is 5.82 Å². The van der Waals surface area contributed by atoms with Crippen LogP contribution in [-0.2, 0) is 0 Å². The minimum atomic E-state index is -0.518. The fourth-order valence-corrected chi connectivity index (χ4v) is 1.30. The van der Waals surface area contributed by atoms with Gasteiger partial charge in [0, 0.05) is 22.9 Å². The highest BCUT2D eigenvalue weighted by Crippen LogP contribution is 2.18. The summed E-state index contributed by atoms with van der Waals surface area (Å²) < 4.78 is 17.9. The van der Waals surface area contributed by atoms with E-state index in [-0.39, 0.29) is 17.1 Å². The second-order valence-electron chi connectivity index (χ2n) is 3.51. The Morgan fingerprint density at radius 2 is 2.29 bits per heavy atom. The van der Waals surface area contributed by atoms with Gasteiger partial charge in [0.05, 0.1) is 0 Å². The largest absolute Gasteiger partial charge is 0.398 e. The van der Waals surface area contributed by atoms with E-state index in [1.54, 1.807) is 6.92 Å². The predicted molar refractivity (Wildman–Crippen MR) is 60.0 cm³/mol. The van der Waals surface area contributed by atoms with Crippen LogP contribution in [0.25, 0.3) is 0 Å². The molecule has 0 spiro atoms. The SMILES string of the molecule is Cc1c(N)cc(C(=O)Nc2ccon2)cc1F. The molecular formula is C11H10FN3O2. The molecule has 3 N–H and O–H groups in total. The van der Waals surface area contributed by atoms with Crippen LogP contribution in [0.15, 0.2) is 29.0 Å². The lowest BCUT2D eigenvalue weighted by Gasteiger charge is -2.06. The summed E-state index contributed by atoms with van der Waals surface area (Å²) in [6.07, 6.45) is 1.32. The number of nitrogen functional groups attached to an aromatic ring is 1. The molecule has 0 aliphatic carbocycles. The van der Waals surface area contributed by atoms with E-state index in [1.807, 2.05) is 0 Å². The second-order valence-corrected chi connectivity index (χ2v) is 3.51. The van der Waals surface area contributed by atoms with Crippen molar-refractivity contribution in [2.75, 3.05) is 11.1 Å². The first-order valence-electron chi connectivity index (χ1n) is 4.85. The number of carbonyl (C=O) groups is 1. The molecule has 17 heavy (non-hydrogen) atoms. The number of benzene rings is 1. The number of nitrogens with zero attached hydrogens (tertiary/aromatic N) is 1. The number of hydrogen-bond donors (Lipinski definition) is 2. The van der Waals surface area contributed by atoms with Crippen molar-refractivity contribution in [2.24, 2.45) is 0 Å². The van der Waals surface area contributed by atoms with Crippen molar-refractivity contribution in [1.82, 2.24) is 5.16 Å². The van der Waals surface area contributed by atoms with Gasteiger partial charge in [0.2, 0.25) is 0 Å². The lowest BCUT2D eigenvalue weighted by Crippen LogP contribution is -2.13. The van der Waals surface area contributed by atoms with Crippen LogP contribution in [0, 0.1) is 12.7 Å². The lowest BCUT2D eigenvalue weighted by molar-refractivity contribution is 0.102. The van der Waals surface area contributed by atoms with Gasteiger partial charge in [0.1, 0.15) is 12.1 Å². The van der Waals surface area contributed by atoms with Crippen molar-refractivity contribution in [3.05, 3.63) is 41.4 Å². The summed E-state index contributed by atoms with van der Waals surface area (Å²) in [5.74, 6) is -0.755. The van der Waals surface area contributed by atoms with Crippen LogP contribution in [0.5, 0.6) is 0 Å². The third-order valence-electron chi connectivity index (χ3n) is 2.33. The Labute approximate surface area is 96.4 Å². The number of amides is 1. The summed E-state index contributed by atoms with van der Waals surface area (Å²) in [7, 11) is 0. The fourth-order valence-electron chi connectivity index (χ4n) is 1.30. The molecule has 2 aromatic rings. The van der Waals surface area contributed by atoms with Gasteiger partial charge in [-0.3, -0.25) is 4.79 Å². The maximum Gasteiger partial charge on any atom is 0.257 e. The van der Waals surface area contributed by atoms with Crippen molar-refractivity contribution >= 4 is 17.4 Å². The number of halogens is 1. The third kappa shape index (κ3) is 2.25. The van der Waals surface area contributed by atoms with Crippen molar-refractivity contribution in [3.8, 4) is 0 Å². The summed E-state index contributed by atoms with van der Waals surface area (Å²) in [6.45, 7) is 1.55. The average molecular weight is 235 g/mol. The van der Waals surface area contributed by atoms with E-state index in [4.69, 9.17) is 5.73 Å². The Balaban J connectivity index is 2.26. The smallest absolute Gasteiger partial charge is 0.257 e. The Morgan fingerprint density at radius 3 is 2.88 bits per heavy atom. The number of carbonyl (C=O) groups excluding carboxylic acids is 1. The maximum atomic E-state index is 13.4. The van der Waals surface area contributed by atoms with E-state index >= 15 is 0 Å². The number of nitrogens with one attached hydrogen (secondary N) is 1. The molecular weight excluding hydrogens is 225 g/mol. The molecule has 0 bridgehead atoms. The van der Waals surface area contributed by atoms with Crippen molar-refractivity contribution in [1.29, 1.82) is 0 Å². The Bertz CT molecular complexity index is 529. The third-order valence-corrected chi connectivity index (χ3v) is 2.33. The highest BCUT2D eigenvalue weighted by molar-refractivity contribution is 6.04. The zero-order valence-electron chi connectivity index (χ0n) is 9.03. The highest BCUT2D eigenvalue weighted by Gasteiger charge is 2.12. The number of rotatable bonds is 2. The van der Waals surface area contributed by atoms with E-state index in [2.05, 4.69) is 15.0 Å². The Kier molecular flexibility index (Phi) is 2.78. The molecule has 1 aromatic carbocycles. The minimum absolute atomic E-state index is 0.133. The monoisotopic (exact) mass is 235 g/mol. The molecule has 5 nitrogen and oxygen atoms in total. The Hall–Kier alpha value is -2.37. The van der Waals surface area contributed by atoms with Gasteiger partial charge in [-0.1, -0.05) is 5.16 Å². The molecule has 6 heteroatoms. The molecule has 0 saturated carbocycles. The summed E-state index contributed by atoms with van der Waals surface area (Å²) in [6, 6.07) is 4.01. The van der Waals surface area contributed by atoms with Crippen LogP contribution in [0.3, 0.4) is 0 Å². The number of aromatic nitrogens is 1. The lowest BCUT2D eigenvalue weighted by atomic mass is 10.1. The molecule has 2 rings (SSSR count). The van der Waals surface area contributed by atoms with Crippen molar-refractivity contribution in [3.63, 3.8) is 0 Å². The number of anilines is 2. The van der Waals surface area contributed by atoms with E-state index in [9.17, 15) is 9.18 Å². The van der Waals surface area contributed by atoms with Gasteiger partial charge in [0.25, 0.3) is 5.91 Å². The van der Waals surface area contributed by atoms with E-state index in [1.165, 1.54) is 18.4 Å². The molecule has 1 amide bonds. The van der Waals surface area contributed by atoms with Gasteiger partial charge in [-0.2, -0.15) is 0 Å². The second kappa shape index (κ2) is 4.25. The average Bonchev–Trinajstić information content (AvgIpc) is 2.77. The van der Waals surface area contributed by atoms with Gasteiger partial charge >= 0.3 is 0 Å². The maximum absolute atomic E-state index is 13.4. The van der Waals surface area contributed by atoms with E-state index in [0.29, 0.717) is 5.56 Å². The molecule has 0 radical (unpaired) electrons. The zero-order chi connectivity index (χ0) is 12.4. The number of hydrogen-bond acceptors (Lipinski definition) is 4. The molecule has 0 aliphatic heterocycles. The minimum Gasteiger partial charge on any atom is -0.398 e. The molecule has 0 saturated heterocycles. The van der Waals surface area contributed by atoms with Gasteiger partial charge in [-0.15, -0.1) is 0 Å². The van der Waals surface area contributed by atoms with E-state index < -0.39 is 11.7 Å². The molecule has 0 fully saturated rings. The van der Waals surface area contributed by atoms with Crippen LogP contribution in [0.4, 0.5) is 15.9 Å². The first kappa shape index (κ1) is 11.1.